The van der Waals surface area contributed by atoms with Crippen LogP contribution in [-0.4, -0.2) is 45.7 Å². The Kier molecular flexibility index (Phi) is 7.20. The first-order valence-corrected chi connectivity index (χ1v) is 10.7. The van der Waals surface area contributed by atoms with Crippen LogP contribution < -0.4 is 5.32 Å². The van der Waals surface area contributed by atoms with Crippen molar-refractivity contribution >= 4 is 11.5 Å². The Morgan fingerprint density at radius 1 is 1.14 bits per heavy atom. The van der Waals surface area contributed by atoms with Crippen molar-refractivity contribution < 1.29 is 4.39 Å². The van der Waals surface area contributed by atoms with E-state index in [0.717, 1.165) is 30.4 Å². The molecule has 3 aromatic rings. The highest BCUT2D eigenvalue weighted by atomic mass is 19.1. The minimum atomic E-state index is -0.255. The fraction of sp³-hybridized carbons (Fsp3) is 0.478. The van der Waals surface area contributed by atoms with Crippen LogP contribution in [0.3, 0.4) is 0 Å². The van der Waals surface area contributed by atoms with Crippen molar-refractivity contribution in [2.75, 3.05) is 31.5 Å². The van der Waals surface area contributed by atoms with Gasteiger partial charge in [0.1, 0.15) is 11.6 Å². The second-order valence-electron chi connectivity index (χ2n) is 7.57. The van der Waals surface area contributed by atoms with Gasteiger partial charge in [-0.25, -0.2) is 13.9 Å². The van der Waals surface area contributed by atoms with E-state index in [9.17, 15) is 4.39 Å². The summed E-state index contributed by atoms with van der Waals surface area (Å²) in [6.45, 7) is 12.5. The van der Waals surface area contributed by atoms with Crippen molar-refractivity contribution in [1.29, 1.82) is 0 Å². The molecule has 1 aromatic carbocycles. The van der Waals surface area contributed by atoms with Gasteiger partial charge in [0.05, 0.1) is 6.20 Å². The summed E-state index contributed by atoms with van der Waals surface area (Å²) in [7, 11) is 0. The second kappa shape index (κ2) is 9.83. The van der Waals surface area contributed by atoms with Gasteiger partial charge in [0.15, 0.2) is 5.65 Å². The van der Waals surface area contributed by atoms with Crippen LogP contribution in [0, 0.1) is 18.7 Å². The number of aryl methyl sites for hydroxylation is 1. The number of aromatic nitrogens is 3. The van der Waals surface area contributed by atoms with Crippen LogP contribution in [0.25, 0.3) is 16.8 Å². The van der Waals surface area contributed by atoms with Gasteiger partial charge >= 0.3 is 0 Å². The van der Waals surface area contributed by atoms with Crippen LogP contribution in [0.5, 0.6) is 0 Å². The molecule has 0 spiro atoms. The van der Waals surface area contributed by atoms with E-state index in [1.165, 1.54) is 32.0 Å². The molecule has 1 saturated heterocycles. The largest absolute Gasteiger partial charge is 0.369 e. The first kappa shape index (κ1) is 21.2. The molecule has 3 heterocycles. The second-order valence-corrected chi connectivity index (χ2v) is 7.57. The Morgan fingerprint density at radius 2 is 1.90 bits per heavy atom. The van der Waals surface area contributed by atoms with Crippen LogP contribution in [-0.2, 0) is 0 Å². The monoisotopic (exact) mass is 397 g/mol. The van der Waals surface area contributed by atoms with E-state index in [1.54, 1.807) is 16.8 Å². The van der Waals surface area contributed by atoms with E-state index >= 15 is 0 Å². The maximum Gasteiger partial charge on any atom is 0.165 e. The molecule has 0 amide bonds. The van der Waals surface area contributed by atoms with Crippen LogP contribution in [0.2, 0.25) is 0 Å². The molecule has 156 valence electrons. The van der Waals surface area contributed by atoms with Gasteiger partial charge in [-0.2, -0.15) is 5.10 Å². The Morgan fingerprint density at radius 3 is 2.66 bits per heavy atom. The zero-order valence-electron chi connectivity index (χ0n) is 18.0. The first-order valence-electron chi connectivity index (χ1n) is 10.7. The highest BCUT2D eigenvalue weighted by molar-refractivity contribution is 5.78. The van der Waals surface area contributed by atoms with E-state index in [2.05, 4.69) is 27.2 Å². The molecule has 1 N–H and O–H groups in total. The Hall–Kier alpha value is -2.47. The summed E-state index contributed by atoms with van der Waals surface area (Å²) in [5, 5.41) is 7.72. The third-order valence-electron chi connectivity index (χ3n) is 5.39. The van der Waals surface area contributed by atoms with Gasteiger partial charge in [-0.05, 0) is 57.0 Å². The van der Waals surface area contributed by atoms with E-state index in [1.807, 2.05) is 39.1 Å². The molecule has 1 fully saturated rings. The van der Waals surface area contributed by atoms with Gasteiger partial charge in [-0.1, -0.05) is 32.4 Å². The van der Waals surface area contributed by atoms with Crippen molar-refractivity contribution in [2.45, 2.75) is 40.5 Å². The van der Waals surface area contributed by atoms with Crippen molar-refractivity contribution in [3.05, 3.63) is 48.0 Å². The summed E-state index contributed by atoms with van der Waals surface area (Å²) in [5.74, 6) is 1.39. The molecule has 1 aliphatic rings. The number of nitrogens with zero attached hydrogens (tertiary/aromatic N) is 4. The summed E-state index contributed by atoms with van der Waals surface area (Å²) in [4.78, 5) is 7.18. The molecule has 29 heavy (non-hydrogen) atoms. The number of hydrogen-bond donors (Lipinski definition) is 1. The fourth-order valence-corrected chi connectivity index (χ4v) is 3.63. The zero-order valence-corrected chi connectivity index (χ0v) is 18.0. The maximum atomic E-state index is 14.3. The van der Waals surface area contributed by atoms with Crippen LogP contribution >= 0.6 is 0 Å². The number of likely N-dealkylation sites (tertiary alicyclic amines) is 1. The molecule has 5 nitrogen and oxygen atoms in total. The lowest BCUT2D eigenvalue weighted by atomic mass is 9.99. The van der Waals surface area contributed by atoms with Crippen molar-refractivity contribution in [1.82, 2.24) is 19.5 Å². The molecule has 0 bridgehead atoms. The van der Waals surface area contributed by atoms with Crippen molar-refractivity contribution in [3.8, 4) is 11.1 Å². The number of fused-ring (bicyclic) bond motifs is 1. The molecule has 1 aliphatic heterocycles. The lowest BCUT2D eigenvalue weighted by Crippen LogP contribution is -2.36. The predicted octanol–water partition coefficient (Wildman–Crippen LogP) is 5.01. The van der Waals surface area contributed by atoms with Gasteiger partial charge in [-0.3, -0.25) is 0 Å². The third-order valence-corrected chi connectivity index (χ3v) is 5.39. The molecule has 0 saturated carbocycles. The summed E-state index contributed by atoms with van der Waals surface area (Å²) in [6, 6.07) is 7.02. The summed E-state index contributed by atoms with van der Waals surface area (Å²) in [5.41, 5.74) is 2.93. The Labute approximate surface area is 173 Å². The summed E-state index contributed by atoms with van der Waals surface area (Å²) in [6.07, 6.45) is 6.11. The molecule has 0 unspecified atom stereocenters. The quantitative estimate of drug-likeness (QED) is 0.657. The minimum Gasteiger partial charge on any atom is -0.369 e. The SMILES string of the molecule is CC.Cc1ccc(F)c(-c2cnn3ccc(NCCN4CCC(C)CC4)nc23)c1. The maximum absolute atomic E-state index is 14.3. The number of halogens is 1. The highest BCUT2D eigenvalue weighted by Gasteiger charge is 2.16. The zero-order chi connectivity index (χ0) is 20.8. The van der Waals surface area contributed by atoms with Gasteiger partial charge in [-0.15, -0.1) is 0 Å². The van der Waals surface area contributed by atoms with Crippen molar-refractivity contribution in [3.63, 3.8) is 0 Å². The molecular weight excluding hydrogens is 365 g/mol. The van der Waals surface area contributed by atoms with Crippen LogP contribution in [0.4, 0.5) is 10.2 Å². The van der Waals surface area contributed by atoms with Gasteiger partial charge in [0.2, 0.25) is 0 Å². The number of rotatable bonds is 5. The smallest absolute Gasteiger partial charge is 0.165 e. The van der Waals surface area contributed by atoms with Crippen LogP contribution in [0.15, 0.2) is 36.7 Å². The molecular formula is C23H32FN5. The molecule has 6 heteroatoms. The summed E-state index contributed by atoms with van der Waals surface area (Å²) >= 11 is 0. The molecule has 0 aliphatic carbocycles. The van der Waals surface area contributed by atoms with Crippen LogP contribution in [0.1, 0.15) is 39.2 Å². The standard InChI is InChI=1S/C21H26FN5.C2H6/c1-15-5-9-26(10-6-15)12-8-23-20-7-11-27-21(25-20)18(14-24-27)17-13-16(2)3-4-19(17)22;1-2/h3-4,7,11,13-15H,5-6,8-10,12H2,1-2H3,(H,23,25);1-2H3. The topological polar surface area (TPSA) is 45.5 Å². The van der Waals surface area contributed by atoms with Gasteiger partial charge in [0, 0.05) is 30.4 Å². The van der Waals surface area contributed by atoms with Gasteiger partial charge in [0.25, 0.3) is 0 Å². The van der Waals surface area contributed by atoms with E-state index in [-0.39, 0.29) is 5.82 Å². The number of hydrogen-bond acceptors (Lipinski definition) is 4. The predicted molar refractivity (Wildman–Crippen MR) is 118 cm³/mol. The molecule has 4 rings (SSSR count). The average molecular weight is 398 g/mol. The lowest BCUT2D eigenvalue weighted by molar-refractivity contribution is 0.199. The number of nitrogens with one attached hydrogen (secondary N) is 1. The average Bonchev–Trinajstić information content (AvgIpc) is 3.16. The van der Waals surface area contributed by atoms with E-state index in [0.29, 0.717) is 16.8 Å². The fourth-order valence-electron chi connectivity index (χ4n) is 3.63. The minimum absolute atomic E-state index is 0.255. The normalized spacial score (nSPS) is 15.2. The highest BCUT2D eigenvalue weighted by Crippen LogP contribution is 2.27. The third kappa shape index (κ3) is 5.12. The molecule has 2 aromatic heterocycles. The molecule has 0 atom stereocenters. The molecule has 0 radical (unpaired) electrons. The lowest BCUT2D eigenvalue weighted by Gasteiger charge is -2.30. The van der Waals surface area contributed by atoms with E-state index < -0.39 is 0 Å². The first-order chi connectivity index (χ1) is 14.1. The Balaban J connectivity index is 0.00000117. The van der Waals surface area contributed by atoms with Crippen molar-refractivity contribution in [2.24, 2.45) is 5.92 Å². The number of anilines is 1. The summed E-state index contributed by atoms with van der Waals surface area (Å²) < 4.78 is 16.0. The van der Waals surface area contributed by atoms with E-state index in [4.69, 9.17) is 0 Å². The Bertz CT molecular complexity index is 928. The number of benzene rings is 1. The number of piperidine rings is 1. The van der Waals surface area contributed by atoms with Gasteiger partial charge < -0.3 is 10.2 Å².